The monoisotopic (exact) mass is 256 g/mol. The predicted octanol–water partition coefficient (Wildman–Crippen LogP) is 4.08. The number of rotatable bonds is 3. The van der Waals surface area contributed by atoms with E-state index in [4.69, 9.17) is 5.26 Å². The Kier molecular flexibility index (Phi) is 3.85. The molecule has 0 amide bonds. The van der Waals surface area contributed by atoms with Gasteiger partial charge in [-0.05, 0) is 50.7 Å². The van der Waals surface area contributed by atoms with Crippen LogP contribution in [0, 0.1) is 24.2 Å². The van der Waals surface area contributed by atoms with E-state index < -0.39 is 0 Å². The third kappa shape index (κ3) is 2.61. The molecule has 19 heavy (non-hydrogen) atoms. The summed E-state index contributed by atoms with van der Waals surface area (Å²) in [5, 5.41) is 8.94. The van der Waals surface area contributed by atoms with Crippen LogP contribution < -0.4 is 4.90 Å². The molecular formula is C17H24N2. The molecule has 0 aliphatic carbocycles. The van der Waals surface area contributed by atoms with Crippen molar-refractivity contribution >= 4 is 5.69 Å². The summed E-state index contributed by atoms with van der Waals surface area (Å²) in [6.07, 6.45) is 2.85. The van der Waals surface area contributed by atoms with Crippen LogP contribution in [0.15, 0.2) is 18.2 Å². The number of hydrogen-bond acceptors (Lipinski definition) is 2. The molecule has 2 heteroatoms. The van der Waals surface area contributed by atoms with Gasteiger partial charge in [0.05, 0.1) is 6.07 Å². The Labute approximate surface area is 117 Å². The lowest BCUT2D eigenvalue weighted by Crippen LogP contribution is -2.39. The first-order valence-corrected chi connectivity index (χ1v) is 7.22. The molecule has 0 saturated carbocycles. The quantitative estimate of drug-likeness (QED) is 0.815. The summed E-state index contributed by atoms with van der Waals surface area (Å²) in [6.45, 7) is 10.0. The van der Waals surface area contributed by atoms with E-state index in [0.717, 1.165) is 19.4 Å². The molecule has 1 unspecified atom stereocenters. The number of anilines is 1. The van der Waals surface area contributed by atoms with Crippen LogP contribution in [0.25, 0.3) is 0 Å². The number of benzene rings is 1. The maximum atomic E-state index is 8.94. The van der Waals surface area contributed by atoms with Crippen molar-refractivity contribution in [1.29, 1.82) is 5.26 Å². The van der Waals surface area contributed by atoms with Gasteiger partial charge in [-0.1, -0.05) is 25.1 Å². The highest BCUT2D eigenvalue weighted by Gasteiger charge is 2.39. The highest BCUT2D eigenvalue weighted by molar-refractivity contribution is 5.61. The third-order valence-electron chi connectivity index (χ3n) is 4.31. The zero-order valence-corrected chi connectivity index (χ0v) is 12.5. The largest absolute Gasteiger partial charge is 0.366 e. The van der Waals surface area contributed by atoms with Crippen molar-refractivity contribution < 1.29 is 0 Å². The van der Waals surface area contributed by atoms with Gasteiger partial charge in [0, 0.05) is 24.2 Å². The van der Waals surface area contributed by atoms with Gasteiger partial charge in [-0.15, -0.1) is 0 Å². The summed E-state index contributed by atoms with van der Waals surface area (Å²) in [5.74, 6) is 0.504. The summed E-state index contributed by atoms with van der Waals surface area (Å²) in [5.41, 5.74) is 4.32. The van der Waals surface area contributed by atoms with Gasteiger partial charge in [0.2, 0.25) is 0 Å². The normalized spacial score (nSPS) is 21.4. The van der Waals surface area contributed by atoms with Gasteiger partial charge in [0.25, 0.3) is 0 Å². The van der Waals surface area contributed by atoms with Crippen molar-refractivity contribution in [2.75, 3.05) is 11.4 Å². The standard InChI is InChI=1S/C17H24N2/c1-5-15-8-6-7-13(2)16(15)19-12-14(9-10-18)11-17(19,3)4/h6-8,14H,5,9,11-12H2,1-4H3. The Morgan fingerprint density at radius 2 is 2.16 bits per heavy atom. The maximum absolute atomic E-state index is 8.94. The summed E-state index contributed by atoms with van der Waals surface area (Å²) in [6, 6.07) is 8.91. The van der Waals surface area contributed by atoms with E-state index in [0.29, 0.717) is 12.3 Å². The van der Waals surface area contributed by atoms with Crippen molar-refractivity contribution in [1.82, 2.24) is 0 Å². The first-order valence-electron chi connectivity index (χ1n) is 7.22. The van der Waals surface area contributed by atoms with E-state index in [1.54, 1.807) is 0 Å². The molecule has 1 aromatic carbocycles. The van der Waals surface area contributed by atoms with Gasteiger partial charge in [0.1, 0.15) is 0 Å². The van der Waals surface area contributed by atoms with Crippen LogP contribution >= 0.6 is 0 Å². The minimum absolute atomic E-state index is 0.150. The third-order valence-corrected chi connectivity index (χ3v) is 4.31. The van der Waals surface area contributed by atoms with Crippen LogP contribution in [-0.2, 0) is 6.42 Å². The SMILES string of the molecule is CCc1cccc(C)c1N1CC(CC#N)CC1(C)C. The van der Waals surface area contributed by atoms with Crippen molar-refractivity contribution in [2.45, 2.75) is 52.5 Å². The van der Waals surface area contributed by atoms with Gasteiger partial charge >= 0.3 is 0 Å². The van der Waals surface area contributed by atoms with Crippen LogP contribution in [0.1, 0.15) is 44.7 Å². The topological polar surface area (TPSA) is 27.0 Å². The molecule has 1 fully saturated rings. The maximum Gasteiger partial charge on any atom is 0.0625 e. The van der Waals surface area contributed by atoms with Crippen molar-refractivity contribution in [3.05, 3.63) is 29.3 Å². The molecule has 102 valence electrons. The summed E-state index contributed by atoms with van der Waals surface area (Å²) < 4.78 is 0. The Morgan fingerprint density at radius 3 is 2.79 bits per heavy atom. The van der Waals surface area contributed by atoms with Crippen molar-refractivity contribution in [2.24, 2.45) is 5.92 Å². The molecule has 0 bridgehead atoms. The van der Waals surface area contributed by atoms with E-state index in [-0.39, 0.29) is 5.54 Å². The number of para-hydroxylation sites is 1. The molecule has 0 spiro atoms. The van der Waals surface area contributed by atoms with E-state index >= 15 is 0 Å². The molecule has 2 rings (SSSR count). The molecule has 0 aromatic heterocycles. The molecule has 0 radical (unpaired) electrons. The second-order valence-corrected chi connectivity index (χ2v) is 6.29. The fourth-order valence-corrected chi connectivity index (χ4v) is 3.44. The Hall–Kier alpha value is -1.49. The van der Waals surface area contributed by atoms with Crippen LogP contribution in [0.3, 0.4) is 0 Å². The van der Waals surface area contributed by atoms with Crippen LogP contribution in [0.4, 0.5) is 5.69 Å². The Morgan fingerprint density at radius 1 is 1.42 bits per heavy atom. The number of nitriles is 1. The van der Waals surface area contributed by atoms with Gasteiger partial charge in [-0.25, -0.2) is 0 Å². The minimum Gasteiger partial charge on any atom is -0.366 e. The van der Waals surface area contributed by atoms with Crippen LogP contribution in [0.2, 0.25) is 0 Å². The lowest BCUT2D eigenvalue weighted by Gasteiger charge is -2.36. The average Bonchev–Trinajstić information content (AvgIpc) is 2.64. The van der Waals surface area contributed by atoms with Gasteiger partial charge in [-0.2, -0.15) is 5.26 Å². The second-order valence-electron chi connectivity index (χ2n) is 6.29. The summed E-state index contributed by atoms with van der Waals surface area (Å²) >= 11 is 0. The van der Waals surface area contributed by atoms with E-state index in [9.17, 15) is 0 Å². The fourth-order valence-electron chi connectivity index (χ4n) is 3.44. The van der Waals surface area contributed by atoms with Gasteiger partial charge in [-0.3, -0.25) is 0 Å². The van der Waals surface area contributed by atoms with E-state index in [2.05, 4.69) is 56.9 Å². The van der Waals surface area contributed by atoms with Gasteiger partial charge in [0.15, 0.2) is 0 Å². The number of aryl methyl sites for hydroxylation is 2. The first kappa shape index (κ1) is 13.9. The van der Waals surface area contributed by atoms with E-state index in [1.165, 1.54) is 16.8 Å². The molecule has 1 atom stereocenters. The highest BCUT2D eigenvalue weighted by atomic mass is 15.2. The summed E-state index contributed by atoms with van der Waals surface area (Å²) in [4.78, 5) is 2.53. The highest BCUT2D eigenvalue weighted by Crippen LogP contribution is 2.40. The summed E-state index contributed by atoms with van der Waals surface area (Å²) in [7, 11) is 0. The molecule has 1 aliphatic rings. The first-order chi connectivity index (χ1) is 8.99. The smallest absolute Gasteiger partial charge is 0.0625 e. The Bertz CT molecular complexity index is 496. The zero-order chi connectivity index (χ0) is 14.0. The second kappa shape index (κ2) is 5.25. The lowest BCUT2D eigenvalue weighted by molar-refractivity contribution is 0.475. The molecule has 1 saturated heterocycles. The van der Waals surface area contributed by atoms with Gasteiger partial charge < -0.3 is 4.90 Å². The number of hydrogen-bond donors (Lipinski definition) is 0. The lowest BCUT2D eigenvalue weighted by atomic mass is 9.94. The fraction of sp³-hybridized carbons (Fsp3) is 0.588. The predicted molar refractivity (Wildman–Crippen MR) is 80.3 cm³/mol. The number of nitrogens with zero attached hydrogens (tertiary/aromatic N) is 2. The molecule has 1 aromatic rings. The van der Waals surface area contributed by atoms with Crippen molar-refractivity contribution in [3.63, 3.8) is 0 Å². The molecule has 0 N–H and O–H groups in total. The molecular weight excluding hydrogens is 232 g/mol. The molecule has 1 heterocycles. The Balaban J connectivity index is 2.39. The van der Waals surface area contributed by atoms with Crippen LogP contribution in [-0.4, -0.2) is 12.1 Å². The van der Waals surface area contributed by atoms with Crippen molar-refractivity contribution in [3.8, 4) is 6.07 Å². The minimum atomic E-state index is 0.150. The van der Waals surface area contributed by atoms with Crippen LogP contribution in [0.5, 0.6) is 0 Å². The molecule has 2 nitrogen and oxygen atoms in total. The van der Waals surface area contributed by atoms with E-state index in [1.807, 2.05) is 0 Å². The molecule has 1 aliphatic heterocycles. The zero-order valence-electron chi connectivity index (χ0n) is 12.5. The average molecular weight is 256 g/mol.